The molecule has 0 unspecified atom stereocenters. The van der Waals surface area contributed by atoms with Crippen molar-refractivity contribution in [3.63, 3.8) is 0 Å². The van der Waals surface area contributed by atoms with Crippen LogP contribution in [-0.4, -0.2) is 18.8 Å². The van der Waals surface area contributed by atoms with Crippen molar-refractivity contribution in [2.45, 2.75) is 24.7 Å². The molecule has 0 spiro atoms. The SMILES string of the molecule is CSc1cccc(NC(=O)CCCOc2ccc(Cl)c(C)c2)c1. The quantitative estimate of drug-likeness (QED) is 0.553. The highest BCUT2D eigenvalue weighted by molar-refractivity contribution is 7.98. The zero-order valence-electron chi connectivity index (χ0n) is 13.3. The molecule has 3 nitrogen and oxygen atoms in total. The summed E-state index contributed by atoms with van der Waals surface area (Å²) in [7, 11) is 0. The van der Waals surface area contributed by atoms with E-state index in [0.717, 1.165) is 26.9 Å². The second-order valence-electron chi connectivity index (χ2n) is 5.14. The molecule has 23 heavy (non-hydrogen) atoms. The van der Waals surface area contributed by atoms with E-state index in [-0.39, 0.29) is 5.91 Å². The van der Waals surface area contributed by atoms with E-state index in [0.29, 0.717) is 19.4 Å². The van der Waals surface area contributed by atoms with Crippen LogP contribution in [0.5, 0.6) is 5.75 Å². The molecule has 2 aromatic rings. The minimum absolute atomic E-state index is 0.000797. The van der Waals surface area contributed by atoms with Gasteiger partial charge in [0.2, 0.25) is 5.91 Å². The molecule has 0 fully saturated rings. The average molecular weight is 350 g/mol. The summed E-state index contributed by atoms with van der Waals surface area (Å²) in [5.74, 6) is 0.777. The van der Waals surface area contributed by atoms with Gasteiger partial charge in [-0.3, -0.25) is 4.79 Å². The number of carbonyl (C=O) groups excluding carboxylic acids is 1. The number of rotatable bonds is 7. The van der Waals surface area contributed by atoms with Crippen LogP contribution >= 0.6 is 23.4 Å². The van der Waals surface area contributed by atoms with Crippen LogP contribution in [-0.2, 0) is 4.79 Å². The van der Waals surface area contributed by atoms with E-state index in [2.05, 4.69) is 5.32 Å². The Balaban J connectivity index is 1.73. The number of hydrogen-bond donors (Lipinski definition) is 1. The Bertz CT molecular complexity index is 676. The van der Waals surface area contributed by atoms with Crippen molar-refractivity contribution >= 4 is 35.0 Å². The van der Waals surface area contributed by atoms with Crippen LogP contribution < -0.4 is 10.1 Å². The first-order chi connectivity index (χ1) is 11.1. The smallest absolute Gasteiger partial charge is 0.224 e. The highest BCUT2D eigenvalue weighted by atomic mass is 35.5. The second kappa shape index (κ2) is 8.85. The molecule has 0 aliphatic carbocycles. The van der Waals surface area contributed by atoms with E-state index in [1.54, 1.807) is 11.8 Å². The van der Waals surface area contributed by atoms with Crippen molar-refractivity contribution in [1.82, 2.24) is 0 Å². The van der Waals surface area contributed by atoms with Gasteiger partial charge in [0.15, 0.2) is 0 Å². The molecule has 1 N–H and O–H groups in total. The lowest BCUT2D eigenvalue weighted by Gasteiger charge is -2.09. The van der Waals surface area contributed by atoms with Gasteiger partial charge in [-0.25, -0.2) is 0 Å². The van der Waals surface area contributed by atoms with E-state index in [9.17, 15) is 4.79 Å². The van der Waals surface area contributed by atoms with Gasteiger partial charge in [-0.1, -0.05) is 17.7 Å². The summed E-state index contributed by atoms with van der Waals surface area (Å²) < 4.78 is 5.64. The first kappa shape index (κ1) is 17.7. The third-order valence-corrected chi connectivity index (χ3v) is 4.45. The topological polar surface area (TPSA) is 38.3 Å². The van der Waals surface area contributed by atoms with Crippen molar-refractivity contribution in [3.8, 4) is 5.75 Å². The van der Waals surface area contributed by atoms with Gasteiger partial charge in [0, 0.05) is 22.0 Å². The van der Waals surface area contributed by atoms with E-state index in [1.165, 1.54) is 0 Å². The second-order valence-corrected chi connectivity index (χ2v) is 6.43. The van der Waals surface area contributed by atoms with Gasteiger partial charge < -0.3 is 10.1 Å². The van der Waals surface area contributed by atoms with E-state index < -0.39 is 0 Å². The van der Waals surface area contributed by atoms with Crippen LogP contribution in [0, 0.1) is 6.92 Å². The fraction of sp³-hybridized carbons (Fsp3) is 0.278. The Morgan fingerprint density at radius 1 is 1.26 bits per heavy atom. The molecule has 0 atom stereocenters. The lowest BCUT2D eigenvalue weighted by Crippen LogP contribution is -2.12. The summed E-state index contributed by atoms with van der Waals surface area (Å²) >= 11 is 7.62. The normalized spacial score (nSPS) is 10.4. The zero-order chi connectivity index (χ0) is 16.7. The minimum Gasteiger partial charge on any atom is -0.494 e. The first-order valence-electron chi connectivity index (χ1n) is 7.41. The Hall–Kier alpha value is -1.65. The number of nitrogens with one attached hydrogen (secondary N) is 1. The maximum Gasteiger partial charge on any atom is 0.224 e. The molecule has 122 valence electrons. The monoisotopic (exact) mass is 349 g/mol. The summed E-state index contributed by atoms with van der Waals surface area (Å²) in [5.41, 5.74) is 1.81. The Morgan fingerprint density at radius 3 is 2.83 bits per heavy atom. The third-order valence-electron chi connectivity index (χ3n) is 3.30. The molecule has 2 aromatic carbocycles. The number of halogens is 1. The molecule has 0 aliphatic rings. The van der Waals surface area contributed by atoms with Crippen molar-refractivity contribution in [3.05, 3.63) is 53.1 Å². The maximum absolute atomic E-state index is 11.9. The fourth-order valence-electron chi connectivity index (χ4n) is 2.05. The molecule has 0 aromatic heterocycles. The predicted octanol–water partition coefficient (Wildman–Crippen LogP) is 5.17. The van der Waals surface area contributed by atoms with Crippen LogP contribution in [0.3, 0.4) is 0 Å². The number of thioether (sulfide) groups is 1. The van der Waals surface area contributed by atoms with Crippen molar-refractivity contribution in [2.75, 3.05) is 18.2 Å². The number of ether oxygens (including phenoxy) is 1. The van der Waals surface area contributed by atoms with Crippen molar-refractivity contribution < 1.29 is 9.53 Å². The standard InChI is InChI=1S/C18H20ClNO2S/c1-13-11-15(8-9-17(13)19)22-10-4-7-18(21)20-14-5-3-6-16(12-14)23-2/h3,5-6,8-9,11-12H,4,7,10H2,1-2H3,(H,20,21). The lowest BCUT2D eigenvalue weighted by molar-refractivity contribution is -0.116. The van der Waals surface area contributed by atoms with E-state index in [4.69, 9.17) is 16.3 Å². The number of carbonyl (C=O) groups is 1. The number of anilines is 1. The highest BCUT2D eigenvalue weighted by Gasteiger charge is 2.04. The van der Waals surface area contributed by atoms with Gasteiger partial charge >= 0.3 is 0 Å². The molecule has 0 heterocycles. The van der Waals surface area contributed by atoms with Crippen LogP contribution in [0.15, 0.2) is 47.4 Å². The van der Waals surface area contributed by atoms with Crippen LogP contribution in [0.1, 0.15) is 18.4 Å². The summed E-state index contributed by atoms with van der Waals surface area (Å²) in [4.78, 5) is 13.1. The van der Waals surface area contributed by atoms with E-state index >= 15 is 0 Å². The third kappa shape index (κ3) is 5.81. The van der Waals surface area contributed by atoms with Gasteiger partial charge in [0.05, 0.1) is 6.61 Å². The van der Waals surface area contributed by atoms with Gasteiger partial charge in [-0.2, -0.15) is 0 Å². The molecule has 0 saturated carbocycles. The largest absolute Gasteiger partial charge is 0.494 e. The number of aryl methyl sites for hydroxylation is 1. The molecule has 1 amide bonds. The predicted molar refractivity (Wildman–Crippen MR) is 97.8 cm³/mol. The van der Waals surface area contributed by atoms with Crippen LogP contribution in [0.25, 0.3) is 0 Å². The molecule has 0 radical (unpaired) electrons. The van der Waals surface area contributed by atoms with Crippen LogP contribution in [0.4, 0.5) is 5.69 Å². The van der Waals surface area contributed by atoms with E-state index in [1.807, 2.05) is 55.6 Å². The maximum atomic E-state index is 11.9. The fourth-order valence-corrected chi connectivity index (χ4v) is 2.63. The Kier molecular flexibility index (Phi) is 6.81. The molecule has 0 bridgehead atoms. The number of benzene rings is 2. The molecule has 0 aliphatic heterocycles. The first-order valence-corrected chi connectivity index (χ1v) is 9.01. The van der Waals surface area contributed by atoms with Crippen molar-refractivity contribution in [1.29, 1.82) is 0 Å². The molecular weight excluding hydrogens is 330 g/mol. The van der Waals surface area contributed by atoms with Gasteiger partial charge in [0.25, 0.3) is 0 Å². The van der Waals surface area contributed by atoms with Gasteiger partial charge in [-0.15, -0.1) is 11.8 Å². The molecule has 0 saturated heterocycles. The van der Waals surface area contributed by atoms with Crippen LogP contribution in [0.2, 0.25) is 5.02 Å². The summed E-state index contributed by atoms with van der Waals surface area (Å²) in [5, 5.41) is 3.63. The Labute approximate surface area is 146 Å². The number of amides is 1. The van der Waals surface area contributed by atoms with Gasteiger partial charge in [-0.05, 0) is 61.6 Å². The summed E-state index contributed by atoms with van der Waals surface area (Å²) in [6.45, 7) is 2.44. The minimum atomic E-state index is -0.000797. The molecule has 2 rings (SSSR count). The summed E-state index contributed by atoms with van der Waals surface area (Å²) in [6.07, 6.45) is 3.10. The molecular formula is C18H20ClNO2S. The van der Waals surface area contributed by atoms with Gasteiger partial charge in [0.1, 0.15) is 5.75 Å². The van der Waals surface area contributed by atoms with Crippen molar-refractivity contribution in [2.24, 2.45) is 0 Å². The lowest BCUT2D eigenvalue weighted by atomic mass is 10.2. The summed E-state index contributed by atoms with van der Waals surface area (Å²) in [6, 6.07) is 13.4. The Morgan fingerprint density at radius 2 is 2.09 bits per heavy atom. The zero-order valence-corrected chi connectivity index (χ0v) is 14.8. The molecule has 5 heteroatoms. The average Bonchev–Trinajstić information content (AvgIpc) is 2.55. The highest BCUT2D eigenvalue weighted by Crippen LogP contribution is 2.21. The number of hydrogen-bond acceptors (Lipinski definition) is 3.